The van der Waals surface area contributed by atoms with Gasteiger partial charge in [-0.2, -0.15) is 0 Å². The summed E-state index contributed by atoms with van der Waals surface area (Å²) >= 11 is 0. The average Bonchev–Trinajstić information content (AvgIpc) is 3.06. The highest BCUT2D eigenvalue weighted by Gasteiger charge is 2.29. The smallest absolute Gasteiger partial charge is 0.344 e. The van der Waals surface area contributed by atoms with Gasteiger partial charge in [0.25, 0.3) is 5.91 Å². The lowest BCUT2D eigenvalue weighted by atomic mass is 9.78. The maximum Gasteiger partial charge on any atom is 0.344 e. The average molecular weight is 370 g/mol. The predicted molar refractivity (Wildman–Crippen MR) is 101 cm³/mol. The highest BCUT2D eigenvalue weighted by Crippen LogP contribution is 2.29. The first-order valence-electron chi connectivity index (χ1n) is 9.45. The normalized spacial score (nSPS) is 22.3. The van der Waals surface area contributed by atoms with E-state index in [0.717, 1.165) is 18.4 Å². The maximum absolute atomic E-state index is 12.5. The van der Waals surface area contributed by atoms with E-state index >= 15 is 0 Å². The second kappa shape index (κ2) is 8.37. The monoisotopic (exact) mass is 370 g/mol. The van der Waals surface area contributed by atoms with Crippen LogP contribution in [0.5, 0.6) is 0 Å². The van der Waals surface area contributed by atoms with E-state index in [2.05, 4.69) is 24.3 Å². The molecule has 3 atom stereocenters. The van der Waals surface area contributed by atoms with Gasteiger partial charge < -0.3 is 14.6 Å². The number of hydrogen-bond donors (Lipinski definition) is 1. The van der Waals surface area contributed by atoms with Crippen LogP contribution in [0.2, 0.25) is 0 Å². The number of carbonyl (C=O) groups is 2. The molecule has 1 fully saturated rings. The van der Waals surface area contributed by atoms with Crippen LogP contribution in [0, 0.1) is 18.8 Å². The molecule has 144 valence electrons. The van der Waals surface area contributed by atoms with Gasteiger partial charge in [0.15, 0.2) is 6.61 Å². The lowest BCUT2D eigenvalue weighted by molar-refractivity contribution is -0.125. The lowest BCUT2D eigenvalue weighted by Gasteiger charge is -2.34. The molecule has 1 aliphatic carbocycles. The van der Waals surface area contributed by atoms with Crippen molar-refractivity contribution in [2.45, 2.75) is 46.1 Å². The second-order valence-electron chi connectivity index (χ2n) is 7.35. The van der Waals surface area contributed by atoms with Crippen LogP contribution in [-0.2, 0) is 9.53 Å². The van der Waals surface area contributed by atoms with E-state index in [1.807, 2.05) is 30.3 Å². The molecule has 1 aliphatic rings. The third-order valence-corrected chi connectivity index (χ3v) is 5.50. The molecule has 0 bridgehead atoms. The fraction of sp³-hybridized carbons (Fsp3) is 0.476. The van der Waals surface area contributed by atoms with Gasteiger partial charge in [0, 0.05) is 11.6 Å². The van der Waals surface area contributed by atoms with Crippen LogP contribution in [0.3, 0.4) is 0 Å². The Morgan fingerprint density at radius 2 is 1.96 bits per heavy atom. The zero-order valence-electron chi connectivity index (χ0n) is 16.0. The number of aryl methyl sites for hydroxylation is 1. The summed E-state index contributed by atoms with van der Waals surface area (Å²) in [5.41, 5.74) is 1.44. The van der Waals surface area contributed by atoms with Crippen molar-refractivity contribution in [1.29, 1.82) is 0 Å². The Labute approximate surface area is 159 Å². The van der Waals surface area contributed by atoms with E-state index in [4.69, 9.17) is 9.26 Å². The first kappa shape index (κ1) is 19.1. The molecule has 1 heterocycles. The quantitative estimate of drug-likeness (QED) is 0.811. The summed E-state index contributed by atoms with van der Waals surface area (Å²) in [7, 11) is 0. The Morgan fingerprint density at radius 3 is 2.70 bits per heavy atom. The van der Waals surface area contributed by atoms with Crippen molar-refractivity contribution in [2.24, 2.45) is 11.8 Å². The van der Waals surface area contributed by atoms with Crippen LogP contribution in [-0.4, -0.2) is 29.7 Å². The second-order valence-corrected chi connectivity index (χ2v) is 7.35. The van der Waals surface area contributed by atoms with E-state index in [-0.39, 0.29) is 24.1 Å². The van der Waals surface area contributed by atoms with E-state index in [1.165, 1.54) is 6.42 Å². The van der Waals surface area contributed by atoms with Gasteiger partial charge in [-0.05, 0) is 25.2 Å². The first-order valence-corrected chi connectivity index (χ1v) is 9.45. The predicted octanol–water partition coefficient (Wildman–Crippen LogP) is 3.75. The fourth-order valence-electron chi connectivity index (χ4n) is 3.64. The summed E-state index contributed by atoms with van der Waals surface area (Å²) < 4.78 is 10.4. The van der Waals surface area contributed by atoms with Crippen LogP contribution < -0.4 is 5.32 Å². The highest BCUT2D eigenvalue weighted by molar-refractivity contribution is 5.98. The number of esters is 1. The third kappa shape index (κ3) is 4.38. The van der Waals surface area contributed by atoms with E-state index in [0.29, 0.717) is 23.3 Å². The van der Waals surface area contributed by atoms with E-state index < -0.39 is 5.97 Å². The molecule has 3 rings (SSSR count). The molecule has 1 amide bonds. The minimum atomic E-state index is -0.604. The van der Waals surface area contributed by atoms with Gasteiger partial charge in [-0.15, -0.1) is 0 Å². The summed E-state index contributed by atoms with van der Waals surface area (Å²) in [6.07, 6.45) is 3.27. The number of hydrogen-bond acceptors (Lipinski definition) is 5. The molecule has 6 nitrogen and oxygen atoms in total. The zero-order valence-corrected chi connectivity index (χ0v) is 16.0. The van der Waals surface area contributed by atoms with Gasteiger partial charge in [0.2, 0.25) is 0 Å². The van der Waals surface area contributed by atoms with Crippen molar-refractivity contribution in [2.75, 3.05) is 6.61 Å². The molecular formula is C21H26N2O4. The molecule has 0 radical (unpaired) electrons. The largest absolute Gasteiger partial charge is 0.452 e. The van der Waals surface area contributed by atoms with Crippen LogP contribution in [0.25, 0.3) is 11.3 Å². The molecule has 0 aliphatic heterocycles. The van der Waals surface area contributed by atoms with Crippen molar-refractivity contribution in [1.82, 2.24) is 10.5 Å². The van der Waals surface area contributed by atoms with Crippen LogP contribution in [0.1, 0.15) is 49.2 Å². The minimum Gasteiger partial charge on any atom is -0.452 e. The number of benzene rings is 1. The number of carbonyl (C=O) groups excluding carboxylic acids is 2. The van der Waals surface area contributed by atoms with Crippen LogP contribution in [0.4, 0.5) is 0 Å². The Balaban J connectivity index is 1.61. The summed E-state index contributed by atoms with van der Waals surface area (Å²) in [4.78, 5) is 24.8. The van der Waals surface area contributed by atoms with Gasteiger partial charge >= 0.3 is 5.97 Å². The van der Waals surface area contributed by atoms with Gasteiger partial charge in [0.05, 0.1) is 0 Å². The molecule has 1 saturated carbocycles. The van der Waals surface area contributed by atoms with Gasteiger partial charge in [-0.1, -0.05) is 62.2 Å². The maximum atomic E-state index is 12.5. The van der Waals surface area contributed by atoms with Crippen molar-refractivity contribution < 1.29 is 18.8 Å². The molecule has 0 spiro atoms. The molecule has 2 aromatic rings. The Bertz CT molecular complexity index is 800. The standard InChI is InChI=1S/C21H26N2O4/c1-13-8-7-11-17(14(13)2)22-18(24)12-26-21(25)19-15(3)27-23-20(19)16-9-5-4-6-10-16/h4-6,9-10,13-14,17H,7-8,11-12H2,1-3H3,(H,22,24)/t13-,14+,17+/m1/s1. The lowest BCUT2D eigenvalue weighted by Crippen LogP contribution is -2.45. The Hall–Kier alpha value is -2.63. The zero-order chi connectivity index (χ0) is 19.4. The molecular weight excluding hydrogens is 344 g/mol. The van der Waals surface area contributed by atoms with E-state index in [1.54, 1.807) is 6.92 Å². The summed E-state index contributed by atoms with van der Waals surface area (Å²) in [5.74, 6) is 0.495. The Morgan fingerprint density at radius 1 is 1.22 bits per heavy atom. The van der Waals surface area contributed by atoms with Gasteiger partial charge in [0.1, 0.15) is 17.0 Å². The molecule has 0 saturated heterocycles. The van der Waals surface area contributed by atoms with Crippen molar-refractivity contribution in [3.8, 4) is 11.3 Å². The summed E-state index contributed by atoms with van der Waals surface area (Å²) in [6, 6.07) is 9.41. The number of amides is 1. The van der Waals surface area contributed by atoms with Crippen molar-refractivity contribution in [3.63, 3.8) is 0 Å². The number of ether oxygens (including phenoxy) is 1. The van der Waals surface area contributed by atoms with Crippen LogP contribution in [0.15, 0.2) is 34.9 Å². The third-order valence-electron chi connectivity index (χ3n) is 5.50. The number of nitrogens with zero attached hydrogens (tertiary/aromatic N) is 1. The van der Waals surface area contributed by atoms with Gasteiger partial charge in [-0.25, -0.2) is 4.79 Å². The topological polar surface area (TPSA) is 81.4 Å². The number of rotatable bonds is 5. The molecule has 1 aromatic heterocycles. The van der Waals surface area contributed by atoms with Crippen molar-refractivity contribution in [3.05, 3.63) is 41.7 Å². The number of aromatic nitrogens is 1. The number of nitrogens with one attached hydrogen (secondary N) is 1. The van der Waals surface area contributed by atoms with Crippen molar-refractivity contribution >= 4 is 11.9 Å². The van der Waals surface area contributed by atoms with Gasteiger partial charge in [-0.3, -0.25) is 4.79 Å². The summed E-state index contributed by atoms with van der Waals surface area (Å²) in [6.45, 7) is 5.71. The highest BCUT2D eigenvalue weighted by atomic mass is 16.5. The minimum absolute atomic E-state index is 0.136. The molecule has 1 N–H and O–H groups in total. The fourth-order valence-corrected chi connectivity index (χ4v) is 3.64. The molecule has 6 heteroatoms. The first-order chi connectivity index (χ1) is 13.0. The molecule has 27 heavy (non-hydrogen) atoms. The SMILES string of the molecule is Cc1onc(-c2ccccc2)c1C(=O)OCC(=O)N[C@H]1CCC[C@@H](C)[C@@H]1C. The summed E-state index contributed by atoms with van der Waals surface area (Å²) in [5, 5.41) is 6.98. The Kier molecular flexibility index (Phi) is 5.94. The van der Waals surface area contributed by atoms with Crippen LogP contribution >= 0.6 is 0 Å². The van der Waals surface area contributed by atoms with E-state index in [9.17, 15) is 9.59 Å². The molecule has 1 aromatic carbocycles. The molecule has 0 unspecified atom stereocenters.